The number of hydrogen-bond acceptors (Lipinski definition) is 2. The van der Waals surface area contributed by atoms with Gasteiger partial charge in [0.05, 0.1) is 0 Å². The van der Waals surface area contributed by atoms with Crippen LogP contribution in [0.1, 0.15) is 38.3 Å². The van der Waals surface area contributed by atoms with Crippen molar-refractivity contribution in [2.45, 2.75) is 38.3 Å². The molecular weight excluding hydrogens is 176 g/mol. The lowest BCUT2D eigenvalue weighted by Crippen LogP contribution is -2.37. The predicted molar refractivity (Wildman–Crippen MR) is 56.2 cm³/mol. The molecule has 0 aromatic carbocycles. The van der Waals surface area contributed by atoms with Gasteiger partial charge < -0.3 is 10.3 Å². The maximum Gasteiger partial charge on any atom is 0.255 e. The van der Waals surface area contributed by atoms with Crippen LogP contribution in [0.2, 0.25) is 0 Å². The first-order valence-corrected chi connectivity index (χ1v) is 5.00. The van der Waals surface area contributed by atoms with Crippen molar-refractivity contribution in [1.29, 1.82) is 0 Å². The molecule has 1 aromatic heterocycles. The normalized spacial score (nSPS) is 17.1. The topological polar surface area (TPSA) is 48.0 Å². The second kappa shape index (κ2) is 2.95. The van der Waals surface area contributed by atoms with E-state index in [4.69, 9.17) is 5.73 Å². The summed E-state index contributed by atoms with van der Waals surface area (Å²) in [6.45, 7) is 3.72. The Morgan fingerprint density at radius 3 is 2.64 bits per heavy atom. The molecule has 0 amide bonds. The number of aromatic nitrogens is 1. The lowest BCUT2D eigenvalue weighted by Gasteiger charge is -2.19. The molecule has 2 rings (SSSR count). The summed E-state index contributed by atoms with van der Waals surface area (Å²) in [4.78, 5) is 12.0. The van der Waals surface area contributed by atoms with Crippen molar-refractivity contribution < 1.29 is 0 Å². The highest BCUT2D eigenvalue weighted by molar-refractivity contribution is 5.19. The summed E-state index contributed by atoms with van der Waals surface area (Å²) in [6.07, 6.45) is 4.10. The largest absolute Gasteiger partial charge is 0.322 e. The molecule has 14 heavy (non-hydrogen) atoms. The molecule has 1 heterocycles. The first-order chi connectivity index (χ1) is 6.50. The fraction of sp³-hybridized carbons (Fsp3) is 0.545. The SMILES string of the molecule is CC(C)(N)c1cccn(C2CC2)c1=O. The average Bonchev–Trinajstić information content (AvgIpc) is 2.85. The van der Waals surface area contributed by atoms with Gasteiger partial charge in [0.1, 0.15) is 0 Å². The summed E-state index contributed by atoms with van der Waals surface area (Å²) >= 11 is 0. The molecule has 1 aliphatic carbocycles. The van der Waals surface area contributed by atoms with Crippen molar-refractivity contribution in [3.05, 3.63) is 34.2 Å². The van der Waals surface area contributed by atoms with Crippen LogP contribution in [-0.4, -0.2) is 4.57 Å². The Labute approximate surface area is 83.5 Å². The second-order valence-electron chi connectivity index (χ2n) is 4.59. The van der Waals surface area contributed by atoms with E-state index in [1.165, 1.54) is 0 Å². The van der Waals surface area contributed by atoms with Crippen molar-refractivity contribution in [2.24, 2.45) is 5.73 Å². The molecule has 2 N–H and O–H groups in total. The van der Waals surface area contributed by atoms with Crippen LogP contribution in [0.5, 0.6) is 0 Å². The third kappa shape index (κ3) is 1.60. The fourth-order valence-corrected chi connectivity index (χ4v) is 1.64. The van der Waals surface area contributed by atoms with Gasteiger partial charge in [-0.15, -0.1) is 0 Å². The Balaban J connectivity index is 2.52. The van der Waals surface area contributed by atoms with E-state index < -0.39 is 5.54 Å². The van der Waals surface area contributed by atoms with Crippen LogP contribution in [0, 0.1) is 0 Å². The lowest BCUT2D eigenvalue weighted by atomic mass is 9.97. The van der Waals surface area contributed by atoms with Gasteiger partial charge in [-0.3, -0.25) is 4.79 Å². The lowest BCUT2D eigenvalue weighted by molar-refractivity contribution is 0.534. The van der Waals surface area contributed by atoms with Crippen molar-refractivity contribution in [3.8, 4) is 0 Å². The minimum Gasteiger partial charge on any atom is -0.322 e. The first kappa shape index (κ1) is 9.46. The molecule has 76 valence electrons. The van der Waals surface area contributed by atoms with Crippen LogP contribution in [0.3, 0.4) is 0 Å². The van der Waals surface area contributed by atoms with Gasteiger partial charge in [0.2, 0.25) is 0 Å². The first-order valence-electron chi connectivity index (χ1n) is 5.00. The van der Waals surface area contributed by atoms with Crippen molar-refractivity contribution >= 4 is 0 Å². The third-order valence-corrected chi connectivity index (χ3v) is 2.61. The maximum absolute atomic E-state index is 12.0. The number of nitrogens with zero attached hydrogens (tertiary/aromatic N) is 1. The van der Waals surface area contributed by atoms with Gasteiger partial charge in [0.25, 0.3) is 5.56 Å². The number of nitrogens with two attached hydrogens (primary N) is 1. The Hall–Kier alpha value is -1.09. The molecule has 0 spiro atoms. The van der Waals surface area contributed by atoms with E-state index >= 15 is 0 Å². The van der Waals surface area contributed by atoms with Crippen molar-refractivity contribution in [3.63, 3.8) is 0 Å². The molecule has 3 nitrogen and oxygen atoms in total. The molecule has 1 fully saturated rings. The van der Waals surface area contributed by atoms with Crippen LogP contribution >= 0.6 is 0 Å². The van der Waals surface area contributed by atoms with Crippen LogP contribution in [0.25, 0.3) is 0 Å². The fourth-order valence-electron chi connectivity index (χ4n) is 1.64. The van der Waals surface area contributed by atoms with Gasteiger partial charge in [-0.2, -0.15) is 0 Å². The maximum atomic E-state index is 12.0. The van der Waals surface area contributed by atoms with Crippen LogP contribution in [0.15, 0.2) is 23.1 Å². The highest BCUT2D eigenvalue weighted by Crippen LogP contribution is 2.33. The van der Waals surface area contributed by atoms with E-state index in [1.807, 2.05) is 36.7 Å². The van der Waals surface area contributed by atoms with E-state index in [1.54, 1.807) is 0 Å². The zero-order chi connectivity index (χ0) is 10.3. The van der Waals surface area contributed by atoms with Crippen molar-refractivity contribution in [1.82, 2.24) is 4.57 Å². The summed E-state index contributed by atoms with van der Waals surface area (Å²) < 4.78 is 1.81. The van der Waals surface area contributed by atoms with Crippen LogP contribution in [0.4, 0.5) is 0 Å². The molecule has 0 aliphatic heterocycles. The molecule has 0 atom stereocenters. The van der Waals surface area contributed by atoms with E-state index in [0.29, 0.717) is 11.6 Å². The summed E-state index contributed by atoms with van der Waals surface area (Å²) in [7, 11) is 0. The van der Waals surface area contributed by atoms with E-state index in [0.717, 1.165) is 12.8 Å². The van der Waals surface area contributed by atoms with E-state index in [-0.39, 0.29) is 5.56 Å². The molecule has 0 radical (unpaired) electrons. The van der Waals surface area contributed by atoms with E-state index in [9.17, 15) is 4.79 Å². The summed E-state index contributed by atoms with van der Waals surface area (Å²) in [6, 6.07) is 4.15. The molecule has 0 bridgehead atoms. The molecule has 3 heteroatoms. The second-order valence-corrected chi connectivity index (χ2v) is 4.59. The summed E-state index contributed by atoms with van der Waals surface area (Å²) in [5.74, 6) is 0. The van der Waals surface area contributed by atoms with Crippen LogP contribution in [-0.2, 0) is 5.54 Å². The number of pyridine rings is 1. The Morgan fingerprint density at radius 2 is 2.14 bits per heavy atom. The quantitative estimate of drug-likeness (QED) is 0.769. The zero-order valence-electron chi connectivity index (χ0n) is 8.66. The molecule has 1 aliphatic rings. The molecule has 1 aromatic rings. The molecular formula is C11H16N2O. The Kier molecular flexibility index (Phi) is 2.00. The average molecular weight is 192 g/mol. The molecule has 0 saturated heterocycles. The minimum atomic E-state index is -0.547. The Morgan fingerprint density at radius 1 is 1.50 bits per heavy atom. The van der Waals surface area contributed by atoms with Gasteiger partial charge in [0, 0.05) is 23.3 Å². The number of rotatable bonds is 2. The third-order valence-electron chi connectivity index (χ3n) is 2.61. The highest BCUT2D eigenvalue weighted by Gasteiger charge is 2.27. The standard InChI is InChI=1S/C11H16N2O/c1-11(2,12)9-4-3-7-13(10(9)14)8-5-6-8/h3-4,7-8H,5-6,12H2,1-2H3. The Bertz CT molecular complexity index is 396. The minimum absolute atomic E-state index is 0.0718. The van der Waals surface area contributed by atoms with Gasteiger partial charge in [-0.25, -0.2) is 0 Å². The van der Waals surface area contributed by atoms with Gasteiger partial charge >= 0.3 is 0 Å². The smallest absolute Gasteiger partial charge is 0.255 e. The van der Waals surface area contributed by atoms with Crippen molar-refractivity contribution in [2.75, 3.05) is 0 Å². The predicted octanol–water partition coefficient (Wildman–Crippen LogP) is 1.38. The zero-order valence-corrected chi connectivity index (χ0v) is 8.66. The highest BCUT2D eigenvalue weighted by atomic mass is 16.1. The van der Waals surface area contributed by atoms with Gasteiger partial charge in [0.15, 0.2) is 0 Å². The van der Waals surface area contributed by atoms with E-state index in [2.05, 4.69) is 0 Å². The monoisotopic (exact) mass is 192 g/mol. The summed E-state index contributed by atoms with van der Waals surface area (Å²) in [5.41, 5.74) is 6.16. The van der Waals surface area contributed by atoms with Crippen LogP contribution < -0.4 is 11.3 Å². The van der Waals surface area contributed by atoms with Gasteiger partial charge in [-0.05, 0) is 32.8 Å². The molecule has 1 saturated carbocycles. The summed E-state index contributed by atoms with van der Waals surface area (Å²) in [5, 5.41) is 0. The van der Waals surface area contributed by atoms with Gasteiger partial charge in [-0.1, -0.05) is 6.07 Å². The number of hydrogen-bond donors (Lipinski definition) is 1. The molecule has 0 unspecified atom stereocenters.